The number of ether oxygens (including phenoxy) is 1. The van der Waals surface area contributed by atoms with E-state index in [0.29, 0.717) is 5.75 Å². The summed E-state index contributed by atoms with van der Waals surface area (Å²) in [7, 11) is 0. The average molecular weight is 400 g/mol. The predicted octanol–water partition coefficient (Wildman–Crippen LogP) is 4.74. The van der Waals surface area contributed by atoms with Gasteiger partial charge in [0, 0.05) is 6.20 Å². The van der Waals surface area contributed by atoms with Crippen LogP contribution in [0.5, 0.6) is 11.6 Å². The van der Waals surface area contributed by atoms with E-state index >= 15 is 0 Å². The molecule has 2 aromatic carbocycles. The molecule has 4 rings (SSSR count). The van der Waals surface area contributed by atoms with Gasteiger partial charge in [-0.2, -0.15) is 4.98 Å². The lowest BCUT2D eigenvalue weighted by atomic mass is 10.2. The predicted molar refractivity (Wildman–Crippen MR) is 112 cm³/mol. The number of aromatic nitrogens is 3. The zero-order chi connectivity index (χ0) is 20.8. The van der Waals surface area contributed by atoms with Crippen molar-refractivity contribution in [2.75, 3.05) is 10.4 Å². The first kappa shape index (κ1) is 18.8. The lowest BCUT2D eigenvalue weighted by Crippen LogP contribution is -2.25. The van der Waals surface area contributed by atoms with Crippen LogP contribution < -0.4 is 15.2 Å². The lowest BCUT2D eigenvalue weighted by molar-refractivity contribution is -0.385. The number of nitrogens with one attached hydrogen (secondary N) is 1. The minimum atomic E-state index is -0.581. The van der Waals surface area contributed by atoms with Crippen LogP contribution in [0, 0.1) is 10.1 Å². The zero-order valence-electron chi connectivity index (χ0n) is 15.6. The van der Waals surface area contributed by atoms with Crippen LogP contribution in [0.4, 0.5) is 22.9 Å². The molecule has 9 heteroatoms. The molecule has 1 N–H and O–H groups in total. The van der Waals surface area contributed by atoms with Gasteiger partial charge in [0.2, 0.25) is 5.82 Å². The van der Waals surface area contributed by atoms with Crippen molar-refractivity contribution in [2.45, 2.75) is 0 Å². The number of hydrogen-bond donors (Lipinski definition) is 1. The molecule has 0 bridgehead atoms. The first-order chi connectivity index (χ1) is 14.7. The number of pyridine rings is 1. The second-order valence-corrected chi connectivity index (χ2v) is 6.04. The Hall–Kier alpha value is -4.53. The summed E-state index contributed by atoms with van der Waals surface area (Å²) in [6.07, 6.45) is 4.22. The van der Waals surface area contributed by atoms with E-state index in [1.54, 1.807) is 23.3 Å². The second-order valence-electron chi connectivity index (χ2n) is 6.04. The van der Waals surface area contributed by atoms with Gasteiger partial charge < -0.3 is 4.74 Å². The third kappa shape index (κ3) is 4.14. The molecular weight excluding hydrogens is 384 g/mol. The minimum Gasteiger partial charge on any atom is -0.432 e. The zero-order valence-corrected chi connectivity index (χ0v) is 15.6. The van der Waals surface area contributed by atoms with Gasteiger partial charge in [-0.1, -0.05) is 36.4 Å². The molecule has 0 aliphatic carbocycles. The molecule has 0 fully saturated rings. The van der Waals surface area contributed by atoms with Crippen LogP contribution in [-0.4, -0.2) is 19.9 Å². The summed E-state index contributed by atoms with van der Waals surface area (Å²) < 4.78 is 5.59. The summed E-state index contributed by atoms with van der Waals surface area (Å²) in [5, 5.41) is 13.6. The van der Waals surface area contributed by atoms with Crippen LogP contribution in [0.2, 0.25) is 0 Å². The van der Waals surface area contributed by atoms with Gasteiger partial charge in [0.1, 0.15) is 12.1 Å². The average Bonchev–Trinajstić information content (AvgIpc) is 2.79. The highest BCUT2D eigenvalue weighted by atomic mass is 16.6. The fourth-order valence-corrected chi connectivity index (χ4v) is 2.74. The Morgan fingerprint density at radius 1 is 0.900 bits per heavy atom. The number of para-hydroxylation sites is 2. The van der Waals surface area contributed by atoms with Gasteiger partial charge in [0.15, 0.2) is 0 Å². The molecule has 0 atom stereocenters. The van der Waals surface area contributed by atoms with E-state index in [2.05, 4.69) is 20.4 Å². The maximum atomic E-state index is 11.9. The molecule has 2 heterocycles. The maximum Gasteiger partial charge on any atom is 0.374 e. The summed E-state index contributed by atoms with van der Waals surface area (Å²) in [6.45, 7) is 0. The number of anilines is 3. The summed E-state index contributed by atoms with van der Waals surface area (Å²) in [4.78, 5) is 23.3. The standard InChI is InChI=1S/C21H16N6O3/c28-27(29)19-20(23-15-24-21(19)30-18-12-7-13-22-14-18)25-26(16-8-3-1-4-9-16)17-10-5-2-6-11-17/h1-15H,(H,23,24,25). The first-order valence-electron chi connectivity index (χ1n) is 8.96. The molecule has 0 radical (unpaired) electrons. The van der Waals surface area contributed by atoms with Crippen molar-refractivity contribution < 1.29 is 9.66 Å². The third-order valence-corrected chi connectivity index (χ3v) is 4.07. The lowest BCUT2D eigenvalue weighted by Gasteiger charge is -2.25. The van der Waals surface area contributed by atoms with Gasteiger partial charge >= 0.3 is 11.6 Å². The molecule has 4 aromatic rings. The van der Waals surface area contributed by atoms with E-state index in [-0.39, 0.29) is 11.7 Å². The van der Waals surface area contributed by atoms with Crippen molar-refractivity contribution in [3.8, 4) is 11.6 Å². The molecule has 0 aliphatic rings. The Bertz CT molecular complexity index is 1090. The third-order valence-electron chi connectivity index (χ3n) is 4.07. The molecule has 30 heavy (non-hydrogen) atoms. The van der Waals surface area contributed by atoms with Crippen molar-refractivity contribution in [3.05, 3.63) is 102 Å². The number of nitro groups is 1. The van der Waals surface area contributed by atoms with E-state index in [1.807, 2.05) is 60.7 Å². The fraction of sp³-hybridized carbons (Fsp3) is 0. The van der Waals surface area contributed by atoms with Crippen molar-refractivity contribution in [1.29, 1.82) is 0 Å². The molecule has 0 saturated heterocycles. The molecule has 0 unspecified atom stereocenters. The molecule has 0 saturated carbocycles. The summed E-state index contributed by atoms with van der Waals surface area (Å²) in [5.41, 5.74) is 4.18. The molecule has 9 nitrogen and oxygen atoms in total. The smallest absolute Gasteiger partial charge is 0.374 e. The number of rotatable bonds is 7. The van der Waals surface area contributed by atoms with Crippen LogP contribution in [0.15, 0.2) is 91.5 Å². The topological polar surface area (TPSA) is 106 Å². The Morgan fingerprint density at radius 3 is 2.13 bits per heavy atom. The van der Waals surface area contributed by atoms with E-state index in [9.17, 15) is 10.1 Å². The quantitative estimate of drug-likeness (QED) is 0.350. The van der Waals surface area contributed by atoms with Crippen molar-refractivity contribution in [1.82, 2.24) is 15.0 Å². The Labute approximate surface area is 171 Å². The number of nitrogens with zero attached hydrogens (tertiary/aromatic N) is 5. The van der Waals surface area contributed by atoms with Crippen LogP contribution in [0.3, 0.4) is 0 Å². The van der Waals surface area contributed by atoms with Gasteiger partial charge in [-0.25, -0.2) is 4.98 Å². The van der Waals surface area contributed by atoms with Gasteiger partial charge in [-0.3, -0.25) is 25.5 Å². The highest BCUT2D eigenvalue weighted by Gasteiger charge is 2.27. The van der Waals surface area contributed by atoms with Crippen molar-refractivity contribution >= 4 is 22.9 Å². The maximum absolute atomic E-state index is 11.9. The summed E-state index contributed by atoms with van der Waals surface area (Å²) in [5.74, 6) is 0.126. The van der Waals surface area contributed by atoms with Crippen molar-refractivity contribution in [3.63, 3.8) is 0 Å². The fourth-order valence-electron chi connectivity index (χ4n) is 2.74. The van der Waals surface area contributed by atoms with Gasteiger partial charge in [0.05, 0.1) is 22.5 Å². The van der Waals surface area contributed by atoms with E-state index < -0.39 is 10.6 Å². The second kappa shape index (κ2) is 8.65. The van der Waals surface area contributed by atoms with Crippen LogP contribution in [0.25, 0.3) is 0 Å². The molecule has 0 aliphatic heterocycles. The first-order valence-corrected chi connectivity index (χ1v) is 8.96. The molecular formula is C21H16N6O3. The van der Waals surface area contributed by atoms with Gasteiger partial charge in [-0.15, -0.1) is 0 Å². The molecule has 0 amide bonds. The number of hydrazine groups is 1. The SMILES string of the molecule is O=[N+]([O-])c1c(NN(c2ccccc2)c2ccccc2)ncnc1Oc1cccnc1. The largest absolute Gasteiger partial charge is 0.432 e. The molecule has 0 spiro atoms. The van der Waals surface area contributed by atoms with Gasteiger partial charge in [0.25, 0.3) is 0 Å². The Kier molecular flexibility index (Phi) is 5.43. The normalized spacial score (nSPS) is 10.3. The van der Waals surface area contributed by atoms with E-state index in [1.165, 1.54) is 12.5 Å². The van der Waals surface area contributed by atoms with Crippen LogP contribution in [0.1, 0.15) is 0 Å². The Balaban J connectivity index is 1.75. The Morgan fingerprint density at radius 2 is 1.57 bits per heavy atom. The number of benzene rings is 2. The monoisotopic (exact) mass is 400 g/mol. The van der Waals surface area contributed by atoms with Crippen molar-refractivity contribution in [2.24, 2.45) is 0 Å². The number of hydrogen-bond acceptors (Lipinski definition) is 8. The highest BCUT2D eigenvalue weighted by Crippen LogP contribution is 2.35. The molecule has 2 aromatic heterocycles. The minimum absolute atomic E-state index is 0.0124. The highest BCUT2D eigenvalue weighted by molar-refractivity contribution is 5.71. The van der Waals surface area contributed by atoms with Crippen LogP contribution in [-0.2, 0) is 0 Å². The van der Waals surface area contributed by atoms with Crippen LogP contribution >= 0.6 is 0 Å². The summed E-state index contributed by atoms with van der Waals surface area (Å²) >= 11 is 0. The van der Waals surface area contributed by atoms with Gasteiger partial charge in [-0.05, 0) is 36.4 Å². The molecule has 148 valence electrons. The summed E-state index contributed by atoms with van der Waals surface area (Å²) in [6, 6.07) is 22.1. The van der Waals surface area contributed by atoms with E-state index in [4.69, 9.17) is 4.74 Å². The van der Waals surface area contributed by atoms with E-state index in [0.717, 1.165) is 11.4 Å².